The highest BCUT2D eigenvalue weighted by Crippen LogP contribution is 2.40. The van der Waals surface area contributed by atoms with Crippen LogP contribution in [0, 0.1) is 5.41 Å². The van der Waals surface area contributed by atoms with Crippen LogP contribution in [-0.2, 0) is 11.3 Å². The first-order chi connectivity index (χ1) is 8.16. The molecule has 2 N–H and O–H groups in total. The van der Waals surface area contributed by atoms with Gasteiger partial charge in [-0.1, -0.05) is 30.2 Å². The Bertz CT molecular complexity index is 393. The Balaban J connectivity index is 1.90. The molecule has 1 aliphatic carbocycles. The molecule has 1 aromatic carbocycles. The second kappa shape index (κ2) is 5.07. The molecule has 0 saturated heterocycles. The fourth-order valence-corrected chi connectivity index (χ4v) is 2.16. The largest absolute Gasteiger partial charge is 0.395 e. The van der Waals surface area contributed by atoms with E-state index in [4.69, 9.17) is 11.6 Å². The van der Waals surface area contributed by atoms with Crippen molar-refractivity contribution in [2.45, 2.75) is 25.8 Å². The summed E-state index contributed by atoms with van der Waals surface area (Å²) in [6.45, 7) is 0.428. The van der Waals surface area contributed by atoms with Gasteiger partial charge in [0.25, 0.3) is 0 Å². The predicted molar refractivity (Wildman–Crippen MR) is 66.7 cm³/mol. The maximum Gasteiger partial charge on any atom is 0.228 e. The van der Waals surface area contributed by atoms with Gasteiger partial charge in [-0.15, -0.1) is 0 Å². The Labute approximate surface area is 106 Å². The Kier molecular flexibility index (Phi) is 3.69. The third-order valence-corrected chi connectivity index (χ3v) is 3.71. The Morgan fingerprint density at radius 2 is 2.00 bits per heavy atom. The van der Waals surface area contributed by atoms with Crippen LogP contribution in [0.5, 0.6) is 0 Å². The van der Waals surface area contributed by atoms with E-state index in [1.165, 1.54) is 0 Å². The van der Waals surface area contributed by atoms with Crippen molar-refractivity contribution in [3.63, 3.8) is 0 Å². The van der Waals surface area contributed by atoms with E-state index < -0.39 is 5.41 Å². The van der Waals surface area contributed by atoms with Gasteiger partial charge in [0.15, 0.2) is 0 Å². The molecule has 0 bridgehead atoms. The van der Waals surface area contributed by atoms with Gasteiger partial charge in [0.05, 0.1) is 12.0 Å². The van der Waals surface area contributed by atoms with Gasteiger partial charge < -0.3 is 10.4 Å². The van der Waals surface area contributed by atoms with E-state index in [-0.39, 0.29) is 12.5 Å². The highest BCUT2D eigenvalue weighted by atomic mass is 35.5. The number of aliphatic hydroxyl groups is 1. The molecule has 1 amide bonds. The number of carbonyl (C=O) groups excluding carboxylic acids is 1. The van der Waals surface area contributed by atoms with E-state index >= 15 is 0 Å². The lowest BCUT2D eigenvalue weighted by molar-refractivity contribution is -0.139. The molecule has 3 nitrogen and oxygen atoms in total. The molecule has 17 heavy (non-hydrogen) atoms. The summed E-state index contributed by atoms with van der Waals surface area (Å²) < 4.78 is 0. The van der Waals surface area contributed by atoms with Crippen LogP contribution in [0.3, 0.4) is 0 Å². The zero-order valence-corrected chi connectivity index (χ0v) is 10.3. The van der Waals surface area contributed by atoms with Crippen LogP contribution in [0.15, 0.2) is 24.3 Å². The van der Waals surface area contributed by atoms with Crippen molar-refractivity contribution >= 4 is 17.5 Å². The van der Waals surface area contributed by atoms with E-state index in [9.17, 15) is 9.90 Å². The number of carbonyl (C=O) groups is 1. The Morgan fingerprint density at radius 1 is 1.35 bits per heavy atom. The minimum absolute atomic E-state index is 0.0406. The van der Waals surface area contributed by atoms with Gasteiger partial charge in [0, 0.05) is 11.6 Å². The van der Waals surface area contributed by atoms with Crippen molar-refractivity contribution in [1.29, 1.82) is 0 Å². The molecular formula is C13H16ClNO2. The molecule has 0 atom stereocenters. The number of benzene rings is 1. The number of halogens is 1. The van der Waals surface area contributed by atoms with E-state index in [1.54, 1.807) is 12.1 Å². The van der Waals surface area contributed by atoms with Gasteiger partial charge in [0.1, 0.15) is 0 Å². The van der Waals surface area contributed by atoms with Gasteiger partial charge in [0.2, 0.25) is 5.91 Å². The number of hydrogen-bond acceptors (Lipinski definition) is 2. The van der Waals surface area contributed by atoms with Gasteiger partial charge in [-0.05, 0) is 30.5 Å². The van der Waals surface area contributed by atoms with E-state index in [1.807, 2.05) is 12.1 Å². The minimum Gasteiger partial charge on any atom is -0.395 e. The standard InChI is InChI=1S/C13H16ClNO2/c14-11-4-2-10(3-5-11)8-15-12(17)13(9-16)6-1-7-13/h2-5,16H,1,6-9H2,(H,15,17). The molecule has 1 aromatic rings. The lowest BCUT2D eigenvalue weighted by atomic mass is 9.68. The molecule has 0 radical (unpaired) electrons. The summed E-state index contributed by atoms with van der Waals surface area (Å²) >= 11 is 5.78. The summed E-state index contributed by atoms with van der Waals surface area (Å²) in [5, 5.41) is 12.8. The fraction of sp³-hybridized carbons (Fsp3) is 0.462. The molecular weight excluding hydrogens is 238 g/mol. The summed E-state index contributed by atoms with van der Waals surface area (Å²) in [7, 11) is 0. The summed E-state index contributed by atoms with van der Waals surface area (Å²) in [4.78, 5) is 11.9. The number of rotatable bonds is 4. The smallest absolute Gasteiger partial charge is 0.228 e. The molecule has 1 fully saturated rings. The van der Waals surface area contributed by atoms with Crippen molar-refractivity contribution < 1.29 is 9.90 Å². The molecule has 1 aliphatic rings. The highest BCUT2D eigenvalue weighted by Gasteiger charge is 2.43. The van der Waals surface area contributed by atoms with Crippen LogP contribution in [0.1, 0.15) is 24.8 Å². The zero-order chi connectivity index (χ0) is 12.3. The quantitative estimate of drug-likeness (QED) is 0.864. The van der Waals surface area contributed by atoms with Crippen LogP contribution in [-0.4, -0.2) is 17.6 Å². The van der Waals surface area contributed by atoms with Crippen LogP contribution in [0.2, 0.25) is 5.02 Å². The van der Waals surface area contributed by atoms with E-state index in [0.29, 0.717) is 11.6 Å². The fourth-order valence-electron chi connectivity index (χ4n) is 2.03. The summed E-state index contributed by atoms with van der Waals surface area (Å²) in [5.41, 5.74) is 0.488. The van der Waals surface area contributed by atoms with Crippen molar-refractivity contribution in [2.75, 3.05) is 6.61 Å². The second-order valence-corrected chi connectivity index (χ2v) is 5.04. The van der Waals surface area contributed by atoms with Crippen molar-refractivity contribution in [2.24, 2.45) is 5.41 Å². The molecule has 0 aromatic heterocycles. The molecule has 4 heteroatoms. The molecule has 0 aliphatic heterocycles. The number of hydrogen-bond donors (Lipinski definition) is 2. The van der Waals surface area contributed by atoms with Crippen molar-refractivity contribution in [3.8, 4) is 0 Å². The van der Waals surface area contributed by atoms with Crippen LogP contribution >= 0.6 is 11.6 Å². The SMILES string of the molecule is O=C(NCc1ccc(Cl)cc1)C1(CO)CCC1. The summed E-state index contributed by atoms with van der Waals surface area (Å²) in [6.07, 6.45) is 2.60. The van der Waals surface area contributed by atoms with Crippen molar-refractivity contribution in [3.05, 3.63) is 34.9 Å². The number of nitrogens with one attached hydrogen (secondary N) is 1. The van der Waals surface area contributed by atoms with Gasteiger partial charge in [-0.25, -0.2) is 0 Å². The van der Waals surface area contributed by atoms with E-state index in [2.05, 4.69) is 5.32 Å². The number of amides is 1. The highest BCUT2D eigenvalue weighted by molar-refractivity contribution is 6.30. The minimum atomic E-state index is -0.521. The lowest BCUT2D eigenvalue weighted by Gasteiger charge is -2.38. The summed E-state index contributed by atoms with van der Waals surface area (Å²) in [6, 6.07) is 7.37. The first-order valence-electron chi connectivity index (χ1n) is 5.80. The molecule has 0 unspecified atom stereocenters. The topological polar surface area (TPSA) is 49.3 Å². The van der Waals surface area contributed by atoms with Crippen LogP contribution in [0.4, 0.5) is 0 Å². The molecule has 2 rings (SSSR count). The van der Waals surface area contributed by atoms with Crippen LogP contribution in [0.25, 0.3) is 0 Å². The van der Waals surface area contributed by atoms with Crippen LogP contribution < -0.4 is 5.32 Å². The maximum atomic E-state index is 11.9. The molecule has 1 saturated carbocycles. The van der Waals surface area contributed by atoms with E-state index in [0.717, 1.165) is 24.8 Å². The number of aliphatic hydroxyl groups excluding tert-OH is 1. The zero-order valence-electron chi connectivity index (χ0n) is 9.58. The third-order valence-electron chi connectivity index (χ3n) is 3.46. The Hall–Kier alpha value is -1.06. The van der Waals surface area contributed by atoms with Crippen molar-refractivity contribution in [1.82, 2.24) is 5.32 Å². The average Bonchev–Trinajstić information content (AvgIpc) is 2.27. The molecule has 0 heterocycles. The molecule has 92 valence electrons. The van der Waals surface area contributed by atoms with Gasteiger partial charge in [-0.3, -0.25) is 4.79 Å². The lowest BCUT2D eigenvalue weighted by Crippen LogP contribution is -2.47. The van der Waals surface area contributed by atoms with Gasteiger partial charge >= 0.3 is 0 Å². The van der Waals surface area contributed by atoms with Gasteiger partial charge in [-0.2, -0.15) is 0 Å². The first kappa shape index (κ1) is 12.4. The Morgan fingerprint density at radius 3 is 2.47 bits per heavy atom. The molecule has 0 spiro atoms. The second-order valence-electron chi connectivity index (χ2n) is 4.60. The first-order valence-corrected chi connectivity index (χ1v) is 6.18. The summed E-state index contributed by atoms with van der Waals surface area (Å²) in [5.74, 6) is -0.0406. The predicted octanol–water partition coefficient (Wildman–Crippen LogP) is 2.12. The normalized spacial score (nSPS) is 17.3. The monoisotopic (exact) mass is 253 g/mol. The average molecular weight is 254 g/mol. The third kappa shape index (κ3) is 2.61. The maximum absolute atomic E-state index is 11.9.